The summed E-state index contributed by atoms with van der Waals surface area (Å²) in [6.07, 6.45) is 2.34. The average molecular weight is 394 g/mol. The molecule has 1 aromatic rings. The highest BCUT2D eigenvalue weighted by molar-refractivity contribution is 7.07. The molecule has 0 aromatic carbocycles. The zero-order valence-electron chi connectivity index (χ0n) is 17.0. The van der Waals surface area contributed by atoms with Crippen molar-refractivity contribution in [2.24, 2.45) is 4.99 Å². The summed E-state index contributed by atoms with van der Waals surface area (Å²) in [4.78, 5) is 9.51. The molecule has 0 bridgehead atoms. The molecule has 0 amide bonds. The molecule has 2 saturated heterocycles. The molecule has 2 aliphatic rings. The molecule has 27 heavy (non-hydrogen) atoms. The largest absolute Gasteiger partial charge is 0.379 e. The smallest absolute Gasteiger partial charge is 0.191 e. The molecule has 0 saturated carbocycles. The molecule has 2 atom stereocenters. The minimum Gasteiger partial charge on any atom is -0.379 e. The van der Waals surface area contributed by atoms with Crippen LogP contribution in [0.1, 0.15) is 32.3 Å². The number of aliphatic imine (C=N–C) groups is 1. The lowest BCUT2D eigenvalue weighted by molar-refractivity contribution is -0.0174. The van der Waals surface area contributed by atoms with Gasteiger partial charge in [0.05, 0.1) is 13.2 Å². The van der Waals surface area contributed by atoms with Gasteiger partial charge in [0.2, 0.25) is 0 Å². The normalized spacial score (nSPS) is 24.7. The second-order valence-corrected chi connectivity index (χ2v) is 8.57. The predicted molar refractivity (Wildman–Crippen MR) is 114 cm³/mol. The number of nitrogens with one attached hydrogen (secondary N) is 2. The molecule has 152 valence electrons. The van der Waals surface area contributed by atoms with E-state index in [2.05, 4.69) is 56.1 Å². The Kier molecular flexibility index (Phi) is 7.93. The lowest BCUT2D eigenvalue weighted by Gasteiger charge is -2.38. The zero-order valence-corrected chi connectivity index (χ0v) is 17.8. The summed E-state index contributed by atoms with van der Waals surface area (Å²) in [6, 6.07) is 3.69. The van der Waals surface area contributed by atoms with Crippen LogP contribution in [0, 0.1) is 0 Å². The van der Waals surface area contributed by atoms with Crippen molar-refractivity contribution in [1.82, 2.24) is 20.4 Å². The number of hydrogen-bond acceptors (Lipinski definition) is 5. The van der Waals surface area contributed by atoms with E-state index in [0.717, 1.165) is 51.9 Å². The van der Waals surface area contributed by atoms with Gasteiger partial charge in [0.25, 0.3) is 0 Å². The molecular weight excluding hydrogens is 358 g/mol. The van der Waals surface area contributed by atoms with Crippen molar-refractivity contribution in [2.75, 3.05) is 46.4 Å². The minimum absolute atomic E-state index is 0.468. The Hall–Kier alpha value is -1.15. The number of ether oxygens (including phenoxy) is 1. The zero-order chi connectivity index (χ0) is 19.1. The number of likely N-dealkylation sites (tertiary alicyclic amines) is 1. The van der Waals surface area contributed by atoms with E-state index in [4.69, 9.17) is 4.74 Å². The van der Waals surface area contributed by atoms with E-state index in [1.807, 2.05) is 7.05 Å². The lowest BCUT2D eigenvalue weighted by atomic mass is 10.0. The Bertz CT molecular complexity index is 571. The van der Waals surface area contributed by atoms with Crippen molar-refractivity contribution in [3.05, 3.63) is 22.4 Å². The SMILES string of the molecule is CN=C(NCC(C)N1CCOCC1C)NC1CCN(Cc2ccsc2)CC1. The van der Waals surface area contributed by atoms with E-state index >= 15 is 0 Å². The van der Waals surface area contributed by atoms with Gasteiger partial charge < -0.3 is 15.4 Å². The first-order valence-corrected chi connectivity index (χ1v) is 11.1. The van der Waals surface area contributed by atoms with Crippen LogP contribution in [0.2, 0.25) is 0 Å². The Morgan fingerprint density at radius 3 is 2.85 bits per heavy atom. The molecular formula is C20H35N5OS. The molecule has 7 heteroatoms. The van der Waals surface area contributed by atoms with Crippen molar-refractivity contribution >= 4 is 17.3 Å². The summed E-state index contributed by atoms with van der Waals surface area (Å²) in [7, 11) is 1.86. The number of piperidine rings is 1. The fourth-order valence-electron chi connectivity index (χ4n) is 4.02. The van der Waals surface area contributed by atoms with Crippen LogP contribution in [0.15, 0.2) is 21.8 Å². The van der Waals surface area contributed by atoms with Crippen LogP contribution in [0.4, 0.5) is 0 Å². The highest BCUT2D eigenvalue weighted by Crippen LogP contribution is 2.15. The number of nitrogens with zero attached hydrogens (tertiary/aromatic N) is 3. The molecule has 0 radical (unpaired) electrons. The summed E-state index contributed by atoms with van der Waals surface area (Å²) in [5.74, 6) is 0.930. The van der Waals surface area contributed by atoms with E-state index in [1.54, 1.807) is 11.3 Å². The van der Waals surface area contributed by atoms with Gasteiger partial charge in [-0.1, -0.05) is 0 Å². The first-order chi connectivity index (χ1) is 13.2. The fourth-order valence-corrected chi connectivity index (χ4v) is 4.68. The van der Waals surface area contributed by atoms with Gasteiger partial charge in [-0.15, -0.1) is 0 Å². The van der Waals surface area contributed by atoms with Gasteiger partial charge >= 0.3 is 0 Å². The third kappa shape index (κ3) is 6.17. The van der Waals surface area contributed by atoms with Crippen molar-refractivity contribution < 1.29 is 4.74 Å². The minimum atomic E-state index is 0.468. The number of thiophene rings is 1. The van der Waals surface area contributed by atoms with E-state index < -0.39 is 0 Å². The molecule has 2 unspecified atom stereocenters. The Balaban J connectivity index is 1.37. The van der Waals surface area contributed by atoms with Crippen LogP contribution >= 0.6 is 11.3 Å². The fraction of sp³-hybridized carbons (Fsp3) is 0.750. The molecule has 6 nitrogen and oxygen atoms in total. The highest BCUT2D eigenvalue weighted by atomic mass is 32.1. The monoisotopic (exact) mass is 393 g/mol. The van der Waals surface area contributed by atoms with Crippen LogP contribution in [0.3, 0.4) is 0 Å². The quantitative estimate of drug-likeness (QED) is 0.572. The summed E-state index contributed by atoms with van der Waals surface area (Å²) in [5, 5.41) is 11.6. The molecule has 0 aliphatic carbocycles. The van der Waals surface area contributed by atoms with Gasteiger partial charge in [-0.3, -0.25) is 14.8 Å². The topological polar surface area (TPSA) is 52.1 Å². The summed E-state index contributed by atoms with van der Waals surface area (Å²) in [5.41, 5.74) is 1.44. The van der Waals surface area contributed by atoms with Crippen molar-refractivity contribution in [3.63, 3.8) is 0 Å². The highest BCUT2D eigenvalue weighted by Gasteiger charge is 2.24. The van der Waals surface area contributed by atoms with Gasteiger partial charge in [0.15, 0.2) is 5.96 Å². The van der Waals surface area contributed by atoms with E-state index in [1.165, 1.54) is 18.4 Å². The lowest BCUT2D eigenvalue weighted by Crippen LogP contribution is -2.54. The second kappa shape index (κ2) is 10.4. The van der Waals surface area contributed by atoms with Crippen molar-refractivity contribution in [3.8, 4) is 0 Å². The van der Waals surface area contributed by atoms with E-state index in [-0.39, 0.29) is 0 Å². The molecule has 2 N–H and O–H groups in total. The predicted octanol–water partition coefficient (Wildman–Crippen LogP) is 1.99. The molecule has 1 aromatic heterocycles. The number of guanidine groups is 1. The molecule has 2 fully saturated rings. The second-order valence-electron chi connectivity index (χ2n) is 7.79. The maximum absolute atomic E-state index is 5.55. The Morgan fingerprint density at radius 2 is 2.19 bits per heavy atom. The number of rotatable bonds is 6. The van der Waals surface area contributed by atoms with Gasteiger partial charge in [-0.25, -0.2) is 0 Å². The Labute approximate surface area is 168 Å². The number of hydrogen-bond donors (Lipinski definition) is 2. The van der Waals surface area contributed by atoms with E-state index in [9.17, 15) is 0 Å². The van der Waals surface area contributed by atoms with Gasteiger partial charge in [-0.2, -0.15) is 11.3 Å². The van der Waals surface area contributed by atoms with Crippen LogP contribution in [-0.2, 0) is 11.3 Å². The molecule has 0 spiro atoms. The van der Waals surface area contributed by atoms with Crippen LogP contribution in [0.5, 0.6) is 0 Å². The standard InChI is InChI=1S/C20H35N5OS/c1-16(25-9-10-26-14-17(25)2)12-22-20(21-3)23-19-4-7-24(8-5-19)13-18-6-11-27-15-18/h6,11,15-17,19H,4-5,7-10,12-14H2,1-3H3,(H2,21,22,23). The number of morpholine rings is 1. The first-order valence-electron chi connectivity index (χ1n) is 10.2. The van der Waals surface area contributed by atoms with Crippen LogP contribution in [0.25, 0.3) is 0 Å². The Morgan fingerprint density at radius 1 is 1.37 bits per heavy atom. The first kappa shape index (κ1) is 20.6. The molecule has 2 aliphatic heterocycles. The van der Waals surface area contributed by atoms with E-state index in [0.29, 0.717) is 18.1 Å². The van der Waals surface area contributed by atoms with Crippen molar-refractivity contribution in [2.45, 2.75) is 51.4 Å². The van der Waals surface area contributed by atoms with Gasteiger partial charge in [0, 0.05) is 57.9 Å². The third-order valence-electron chi connectivity index (χ3n) is 5.69. The maximum atomic E-state index is 5.55. The average Bonchev–Trinajstić information content (AvgIpc) is 3.19. The molecule has 3 heterocycles. The van der Waals surface area contributed by atoms with Gasteiger partial charge in [0.1, 0.15) is 0 Å². The van der Waals surface area contributed by atoms with Gasteiger partial charge in [-0.05, 0) is 49.1 Å². The summed E-state index contributed by atoms with van der Waals surface area (Å²) in [6.45, 7) is 11.5. The van der Waals surface area contributed by atoms with Crippen molar-refractivity contribution in [1.29, 1.82) is 0 Å². The van der Waals surface area contributed by atoms with Crippen LogP contribution in [-0.4, -0.2) is 80.3 Å². The molecule has 3 rings (SSSR count). The maximum Gasteiger partial charge on any atom is 0.191 e. The summed E-state index contributed by atoms with van der Waals surface area (Å²) < 4.78 is 5.55. The third-order valence-corrected chi connectivity index (χ3v) is 6.42. The summed E-state index contributed by atoms with van der Waals surface area (Å²) >= 11 is 1.78. The van der Waals surface area contributed by atoms with Crippen LogP contribution < -0.4 is 10.6 Å².